The van der Waals surface area contributed by atoms with Crippen molar-refractivity contribution < 1.29 is 4.79 Å². The Bertz CT molecular complexity index is 290. The molecular weight excluding hydrogens is 248 g/mol. The molecular formula is C17H34N2O. The molecule has 1 fully saturated rings. The molecule has 1 rings (SSSR count). The molecule has 1 aliphatic rings. The van der Waals surface area contributed by atoms with E-state index in [1.54, 1.807) is 0 Å². The molecule has 1 N–H and O–H groups in total. The zero-order chi connectivity index (χ0) is 15.2. The Morgan fingerprint density at radius 1 is 1.30 bits per heavy atom. The van der Waals surface area contributed by atoms with Crippen molar-refractivity contribution in [3.63, 3.8) is 0 Å². The maximum Gasteiger partial charge on any atom is 0.222 e. The van der Waals surface area contributed by atoms with Crippen LogP contribution in [0.1, 0.15) is 66.7 Å². The van der Waals surface area contributed by atoms with E-state index < -0.39 is 0 Å². The largest absolute Gasteiger partial charge is 0.341 e. The van der Waals surface area contributed by atoms with Gasteiger partial charge in [-0.1, -0.05) is 41.0 Å². The molecule has 118 valence electrons. The summed E-state index contributed by atoms with van der Waals surface area (Å²) >= 11 is 0. The van der Waals surface area contributed by atoms with E-state index in [1.165, 1.54) is 6.42 Å². The Labute approximate surface area is 125 Å². The number of carbonyl (C=O) groups excluding carboxylic acids is 1. The number of carbonyl (C=O) groups is 1. The van der Waals surface area contributed by atoms with Crippen LogP contribution in [-0.2, 0) is 4.79 Å². The van der Waals surface area contributed by atoms with Crippen molar-refractivity contribution in [2.24, 2.45) is 11.3 Å². The molecule has 0 aromatic carbocycles. The number of hydrogen-bond acceptors (Lipinski definition) is 2. The average molecular weight is 282 g/mol. The van der Waals surface area contributed by atoms with E-state index in [-0.39, 0.29) is 0 Å². The maximum atomic E-state index is 12.3. The van der Waals surface area contributed by atoms with Crippen LogP contribution in [0.25, 0.3) is 0 Å². The highest BCUT2D eigenvalue weighted by molar-refractivity contribution is 5.76. The van der Waals surface area contributed by atoms with Gasteiger partial charge >= 0.3 is 0 Å². The van der Waals surface area contributed by atoms with Crippen LogP contribution in [0.5, 0.6) is 0 Å². The molecule has 0 aliphatic carbocycles. The minimum absolute atomic E-state index is 0.320. The van der Waals surface area contributed by atoms with E-state index in [9.17, 15) is 4.79 Å². The molecule has 2 atom stereocenters. The lowest BCUT2D eigenvalue weighted by Crippen LogP contribution is -2.43. The monoisotopic (exact) mass is 282 g/mol. The summed E-state index contributed by atoms with van der Waals surface area (Å²) in [4.78, 5) is 14.4. The summed E-state index contributed by atoms with van der Waals surface area (Å²) in [5.74, 6) is 1.02. The van der Waals surface area contributed by atoms with Gasteiger partial charge in [-0.3, -0.25) is 4.79 Å². The minimum Gasteiger partial charge on any atom is -0.341 e. The number of likely N-dealkylation sites (N-methyl/N-ethyl adjacent to an activating group) is 1. The quantitative estimate of drug-likeness (QED) is 0.809. The second-order valence-corrected chi connectivity index (χ2v) is 7.27. The lowest BCUT2D eigenvalue weighted by Gasteiger charge is -2.30. The molecule has 0 radical (unpaired) electrons. The predicted octanol–water partition coefficient (Wildman–Crippen LogP) is 3.44. The van der Waals surface area contributed by atoms with Gasteiger partial charge in [0.05, 0.1) is 0 Å². The second kappa shape index (κ2) is 8.02. The fourth-order valence-corrected chi connectivity index (χ4v) is 3.26. The van der Waals surface area contributed by atoms with E-state index in [0.29, 0.717) is 23.3 Å². The van der Waals surface area contributed by atoms with E-state index in [0.717, 1.165) is 45.3 Å². The van der Waals surface area contributed by atoms with Crippen molar-refractivity contribution in [2.45, 2.75) is 72.8 Å². The van der Waals surface area contributed by atoms with Crippen molar-refractivity contribution in [2.75, 3.05) is 19.6 Å². The normalized spacial score (nSPS) is 22.8. The number of rotatable bonds is 6. The first-order valence-electron chi connectivity index (χ1n) is 8.39. The number of amides is 1. The van der Waals surface area contributed by atoms with Crippen LogP contribution in [0, 0.1) is 11.3 Å². The van der Waals surface area contributed by atoms with Crippen LogP contribution in [0.4, 0.5) is 0 Å². The molecule has 3 heteroatoms. The summed E-state index contributed by atoms with van der Waals surface area (Å²) in [7, 11) is 0. The maximum absolute atomic E-state index is 12.3. The van der Waals surface area contributed by atoms with Gasteiger partial charge < -0.3 is 10.2 Å². The summed E-state index contributed by atoms with van der Waals surface area (Å²) in [6.07, 6.45) is 5.26. The predicted molar refractivity (Wildman–Crippen MR) is 85.7 cm³/mol. The van der Waals surface area contributed by atoms with Gasteiger partial charge in [0.1, 0.15) is 0 Å². The van der Waals surface area contributed by atoms with Crippen molar-refractivity contribution in [1.29, 1.82) is 0 Å². The summed E-state index contributed by atoms with van der Waals surface area (Å²) in [5.41, 5.74) is 0.320. The molecule has 3 nitrogen and oxygen atoms in total. The third-order valence-electron chi connectivity index (χ3n) is 4.60. The zero-order valence-corrected chi connectivity index (χ0v) is 14.2. The van der Waals surface area contributed by atoms with E-state index in [4.69, 9.17) is 0 Å². The van der Waals surface area contributed by atoms with E-state index in [2.05, 4.69) is 44.8 Å². The Hall–Kier alpha value is -0.570. The average Bonchev–Trinajstić information content (AvgIpc) is 2.52. The third-order valence-corrected chi connectivity index (χ3v) is 4.60. The van der Waals surface area contributed by atoms with Crippen LogP contribution >= 0.6 is 0 Å². The molecule has 1 heterocycles. The molecule has 1 amide bonds. The van der Waals surface area contributed by atoms with Crippen LogP contribution in [0.15, 0.2) is 0 Å². The van der Waals surface area contributed by atoms with Gasteiger partial charge in [-0.25, -0.2) is 0 Å². The molecule has 2 unspecified atom stereocenters. The van der Waals surface area contributed by atoms with Gasteiger partial charge in [-0.05, 0) is 37.1 Å². The molecule has 0 aromatic heterocycles. The van der Waals surface area contributed by atoms with Crippen molar-refractivity contribution in [3.05, 3.63) is 0 Å². The van der Waals surface area contributed by atoms with Crippen molar-refractivity contribution in [1.82, 2.24) is 10.2 Å². The number of nitrogens with zero attached hydrogens (tertiary/aromatic N) is 1. The van der Waals surface area contributed by atoms with E-state index >= 15 is 0 Å². The minimum atomic E-state index is 0.320. The van der Waals surface area contributed by atoms with Gasteiger partial charge in [-0.15, -0.1) is 0 Å². The summed E-state index contributed by atoms with van der Waals surface area (Å²) in [5, 5.41) is 3.52. The molecule has 0 spiro atoms. The van der Waals surface area contributed by atoms with Gasteiger partial charge in [-0.2, -0.15) is 0 Å². The third kappa shape index (κ3) is 5.43. The fraction of sp³-hybridized carbons (Fsp3) is 0.941. The zero-order valence-electron chi connectivity index (χ0n) is 14.2. The van der Waals surface area contributed by atoms with Gasteiger partial charge in [0.25, 0.3) is 0 Å². The van der Waals surface area contributed by atoms with Gasteiger partial charge in [0, 0.05) is 25.6 Å². The highest BCUT2D eigenvalue weighted by Gasteiger charge is 2.30. The Morgan fingerprint density at radius 2 is 2.00 bits per heavy atom. The van der Waals surface area contributed by atoms with Gasteiger partial charge in [0.15, 0.2) is 0 Å². The summed E-state index contributed by atoms with van der Waals surface area (Å²) < 4.78 is 0. The first-order chi connectivity index (χ1) is 9.38. The Kier molecular flexibility index (Phi) is 7.01. The topological polar surface area (TPSA) is 32.3 Å². The number of likely N-dealkylation sites (tertiary alicyclic amines) is 1. The van der Waals surface area contributed by atoms with Crippen LogP contribution in [-0.4, -0.2) is 36.5 Å². The first-order valence-corrected chi connectivity index (χ1v) is 8.39. The lowest BCUT2D eigenvalue weighted by molar-refractivity contribution is -0.131. The fourth-order valence-electron chi connectivity index (χ4n) is 3.26. The lowest BCUT2D eigenvalue weighted by atomic mass is 9.77. The molecule has 0 bridgehead atoms. The highest BCUT2D eigenvalue weighted by Crippen LogP contribution is 2.34. The van der Waals surface area contributed by atoms with Crippen molar-refractivity contribution in [3.8, 4) is 0 Å². The second-order valence-electron chi connectivity index (χ2n) is 7.27. The van der Waals surface area contributed by atoms with Crippen molar-refractivity contribution >= 4 is 5.91 Å². The summed E-state index contributed by atoms with van der Waals surface area (Å²) in [6, 6.07) is 0.458. The highest BCUT2D eigenvalue weighted by atomic mass is 16.2. The first kappa shape index (κ1) is 17.5. The SMILES string of the molecule is CCCC(CN1CCC(C(C)(C)C)CCC1=O)NCC. The molecule has 0 aromatic rings. The molecule has 0 saturated carbocycles. The molecule has 1 saturated heterocycles. The van der Waals surface area contributed by atoms with Gasteiger partial charge in [0.2, 0.25) is 5.91 Å². The Balaban J connectivity index is 2.59. The summed E-state index contributed by atoms with van der Waals surface area (Å²) in [6.45, 7) is 14.1. The standard InChI is InChI=1S/C17H34N2O/c1-6-8-15(18-7-2)13-19-12-11-14(17(3,4)5)9-10-16(19)20/h14-15,18H,6-13H2,1-5H3. The molecule has 20 heavy (non-hydrogen) atoms. The number of hydrogen-bond donors (Lipinski definition) is 1. The van der Waals surface area contributed by atoms with E-state index in [1.807, 2.05) is 0 Å². The van der Waals surface area contributed by atoms with Crippen LogP contribution < -0.4 is 5.32 Å². The smallest absolute Gasteiger partial charge is 0.222 e. The number of nitrogens with one attached hydrogen (secondary N) is 1. The van der Waals surface area contributed by atoms with Crippen LogP contribution in [0.2, 0.25) is 0 Å². The Morgan fingerprint density at radius 3 is 2.55 bits per heavy atom. The molecule has 1 aliphatic heterocycles. The van der Waals surface area contributed by atoms with Crippen LogP contribution in [0.3, 0.4) is 0 Å².